The number of nitrogens with zero attached hydrogens (tertiary/aromatic N) is 2. The van der Waals surface area contributed by atoms with E-state index in [1.54, 1.807) is 18.3 Å². The molecule has 0 saturated heterocycles. The second kappa shape index (κ2) is 13.8. The number of aromatic nitrogens is 2. The van der Waals surface area contributed by atoms with Gasteiger partial charge in [0.15, 0.2) is 0 Å². The summed E-state index contributed by atoms with van der Waals surface area (Å²) in [5.41, 5.74) is 3.68. The summed E-state index contributed by atoms with van der Waals surface area (Å²) >= 11 is 0. The zero-order valence-electron chi connectivity index (χ0n) is 34.2. The van der Waals surface area contributed by atoms with E-state index >= 15 is 0 Å². The number of hydrogen-bond donors (Lipinski definition) is 0. The molecule has 0 N–H and O–H groups in total. The van der Waals surface area contributed by atoms with Crippen LogP contribution >= 0.6 is 0 Å². The van der Waals surface area contributed by atoms with Crippen molar-refractivity contribution in [2.75, 3.05) is 0 Å². The quantitative estimate of drug-likeness (QED) is 0.167. The fraction of sp³-hybridized carbons (Fsp3) is 0.300. The Labute approximate surface area is 291 Å². The summed E-state index contributed by atoms with van der Waals surface area (Å²) in [7, 11) is 0. The summed E-state index contributed by atoms with van der Waals surface area (Å²) in [5.74, 6) is -0.755. The van der Waals surface area contributed by atoms with Gasteiger partial charge in [-0.05, 0) is 59.6 Å². The van der Waals surface area contributed by atoms with Gasteiger partial charge in [0.2, 0.25) is 0 Å². The molecule has 0 atom stereocenters. The van der Waals surface area contributed by atoms with Crippen LogP contribution in [0, 0.1) is 42.5 Å². The van der Waals surface area contributed by atoms with Gasteiger partial charge in [0.25, 0.3) is 0 Å². The zero-order chi connectivity index (χ0) is 38.4. The van der Waals surface area contributed by atoms with Crippen LogP contribution in [0.4, 0.5) is 4.39 Å². The third-order valence-corrected chi connectivity index (χ3v) is 6.73. The van der Waals surface area contributed by atoms with Gasteiger partial charge in [-0.2, -0.15) is 0 Å². The minimum absolute atomic E-state index is 0. The average molecular weight is 785 g/mol. The molecule has 0 fully saturated rings. The van der Waals surface area contributed by atoms with Crippen molar-refractivity contribution >= 4 is 21.9 Å². The van der Waals surface area contributed by atoms with E-state index in [1.165, 1.54) is 12.3 Å². The van der Waals surface area contributed by atoms with E-state index in [2.05, 4.69) is 22.1 Å². The SMILES string of the molecule is [2H]C([2H])([2H])c1c[c-]c(-c2cc(CC(C)(C)C)c(C([2H])([2H])[2H])cn2)c(F)c1.[2H]C([2H])(c1ccnc(-c2[c-]ccc3c2oc2ccccc23)c1)C(C)(C)C.[Ir]. The number of para-hydroxylation sites is 1. The molecule has 45 heavy (non-hydrogen) atoms. The molecule has 0 aliphatic carbocycles. The summed E-state index contributed by atoms with van der Waals surface area (Å²) in [4.78, 5) is 8.55. The first-order chi connectivity index (χ1) is 24.0. The summed E-state index contributed by atoms with van der Waals surface area (Å²) in [6.45, 7) is 6.90. The maximum Gasteiger partial charge on any atom is 0.120 e. The Morgan fingerprint density at radius 2 is 1.64 bits per heavy atom. The van der Waals surface area contributed by atoms with Crippen molar-refractivity contribution in [3.8, 4) is 22.5 Å². The van der Waals surface area contributed by atoms with Crippen molar-refractivity contribution in [1.82, 2.24) is 9.97 Å². The molecule has 3 aromatic heterocycles. The van der Waals surface area contributed by atoms with Gasteiger partial charge in [-0.15, -0.1) is 42.0 Å². The second-order valence-corrected chi connectivity index (χ2v) is 13.1. The largest absolute Gasteiger partial charge is 0.501 e. The fourth-order valence-electron chi connectivity index (χ4n) is 4.98. The minimum Gasteiger partial charge on any atom is -0.501 e. The molecule has 3 aromatic carbocycles. The minimum atomic E-state index is -2.42. The Bertz CT molecular complexity index is 2230. The molecule has 6 aromatic rings. The van der Waals surface area contributed by atoms with Gasteiger partial charge in [-0.1, -0.05) is 106 Å². The summed E-state index contributed by atoms with van der Waals surface area (Å²) in [6.07, 6.45) is 1.90. The number of furan rings is 1. The van der Waals surface area contributed by atoms with Crippen LogP contribution < -0.4 is 0 Å². The number of aryl methyl sites for hydroxylation is 2. The van der Waals surface area contributed by atoms with Crippen molar-refractivity contribution < 1.29 is 39.9 Å². The van der Waals surface area contributed by atoms with Crippen LogP contribution in [-0.2, 0) is 32.9 Å². The smallest absolute Gasteiger partial charge is 0.120 e. The average Bonchev–Trinajstić information content (AvgIpc) is 3.42. The number of pyridine rings is 2. The fourth-order valence-corrected chi connectivity index (χ4v) is 4.98. The van der Waals surface area contributed by atoms with Gasteiger partial charge < -0.3 is 14.4 Å². The van der Waals surface area contributed by atoms with Crippen LogP contribution in [0.2, 0.25) is 0 Å². The molecule has 0 aliphatic heterocycles. The Kier molecular flexibility index (Phi) is 7.51. The van der Waals surface area contributed by atoms with E-state index in [0.717, 1.165) is 33.6 Å². The Morgan fingerprint density at radius 3 is 2.36 bits per heavy atom. The van der Waals surface area contributed by atoms with Gasteiger partial charge in [0, 0.05) is 54.7 Å². The molecule has 0 aliphatic rings. The standard InChI is InChI=1S/C22H20NO.C18H21FN.Ir/c1-22(2,3)14-15-11-12-23-19(13-15)18-9-6-8-17-16-7-4-5-10-20(16)24-21(17)18;1-12-6-7-15(16(19)8-12)17-9-14(10-18(3,4)5)13(2)11-20-17;/h4-8,10-13H,14H2,1-3H3;6,8-9,11H,10H2,1-5H3;/q2*-1;/i14D2;1D3,2D3;. The van der Waals surface area contributed by atoms with Gasteiger partial charge in [0.05, 0.1) is 5.58 Å². The van der Waals surface area contributed by atoms with Crippen LogP contribution in [0.1, 0.15) is 74.8 Å². The molecular formula is C40H41FIrN2O-2. The van der Waals surface area contributed by atoms with E-state index in [-0.39, 0.29) is 47.9 Å². The number of benzene rings is 3. The van der Waals surface area contributed by atoms with E-state index in [4.69, 9.17) is 15.4 Å². The van der Waals surface area contributed by atoms with Gasteiger partial charge in [0.1, 0.15) is 5.58 Å². The predicted molar refractivity (Wildman–Crippen MR) is 180 cm³/mol. The van der Waals surface area contributed by atoms with E-state index in [0.29, 0.717) is 23.2 Å². The number of hydrogen-bond acceptors (Lipinski definition) is 3. The molecule has 6 rings (SSSR count). The molecule has 3 nitrogen and oxygen atoms in total. The molecule has 1 radical (unpaired) electrons. The van der Waals surface area contributed by atoms with Crippen molar-refractivity contribution in [2.24, 2.45) is 10.8 Å². The van der Waals surface area contributed by atoms with Crippen molar-refractivity contribution in [2.45, 2.75) is 68.0 Å². The van der Waals surface area contributed by atoms with Crippen LogP contribution in [0.3, 0.4) is 0 Å². The van der Waals surface area contributed by atoms with Crippen LogP contribution in [0.15, 0.2) is 83.5 Å². The first-order valence-electron chi connectivity index (χ1n) is 18.5. The first kappa shape index (κ1) is 24.6. The molecule has 3 heterocycles. The van der Waals surface area contributed by atoms with E-state index in [9.17, 15) is 4.39 Å². The first-order valence-corrected chi connectivity index (χ1v) is 14.5. The molecule has 0 amide bonds. The van der Waals surface area contributed by atoms with E-state index in [1.807, 2.05) is 84.0 Å². The number of fused-ring (bicyclic) bond motifs is 3. The summed E-state index contributed by atoms with van der Waals surface area (Å²) in [5, 5.41) is 2.07. The van der Waals surface area contributed by atoms with Gasteiger partial charge in [-0.25, -0.2) is 0 Å². The Balaban J connectivity index is 0.000000232. The number of halogens is 1. The number of rotatable bonds is 4. The molecular weight excluding hydrogens is 736 g/mol. The zero-order valence-corrected chi connectivity index (χ0v) is 28.6. The van der Waals surface area contributed by atoms with Crippen LogP contribution in [-0.4, -0.2) is 9.97 Å². The van der Waals surface area contributed by atoms with Crippen molar-refractivity contribution in [3.63, 3.8) is 0 Å². The third-order valence-electron chi connectivity index (χ3n) is 6.73. The van der Waals surface area contributed by atoms with Crippen LogP contribution in [0.25, 0.3) is 44.5 Å². The summed E-state index contributed by atoms with van der Waals surface area (Å²) in [6, 6.07) is 24.9. The predicted octanol–water partition coefficient (Wildman–Crippen LogP) is 10.9. The second-order valence-electron chi connectivity index (χ2n) is 13.1. The maximum absolute atomic E-state index is 14.4. The van der Waals surface area contributed by atoms with Gasteiger partial charge in [-0.3, -0.25) is 4.39 Å². The van der Waals surface area contributed by atoms with Crippen LogP contribution in [0.5, 0.6) is 0 Å². The third kappa shape index (κ3) is 8.54. The monoisotopic (exact) mass is 785 g/mol. The molecule has 0 saturated carbocycles. The maximum atomic E-state index is 14.4. The molecule has 5 heteroatoms. The Hall–Kier alpha value is -3.66. The molecule has 235 valence electrons. The van der Waals surface area contributed by atoms with Gasteiger partial charge >= 0.3 is 0 Å². The van der Waals surface area contributed by atoms with Crippen molar-refractivity contribution in [1.29, 1.82) is 0 Å². The van der Waals surface area contributed by atoms with Crippen molar-refractivity contribution in [3.05, 3.63) is 119 Å². The summed E-state index contributed by atoms with van der Waals surface area (Å²) < 4.78 is 82.7. The molecule has 0 bridgehead atoms. The van der Waals surface area contributed by atoms with E-state index < -0.39 is 31.3 Å². The Morgan fingerprint density at radius 1 is 0.867 bits per heavy atom. The molecule has 0 unspecified atom stereocenters. The normalized spacial score (nSPS) is 15.2. The topological polar surface area (TPSA) is 38.9 Å². The molecule has 0 spiro atoms.